The maximum Gasteiger partial charge on any atom is 0.322 e. The van der Waals surface area contributed by atoms with Crippen LogP contribution in [-0.2, 0) is 4.79 Å². The Bertz CT molecular complexity index is 96.6. The summed E-state index contributed by atoms with van der Waals surface area (Å²) in [6.45, 7) is 0.608. The van der Waals surface area contributed by atoms with Gasteiger partial charge in [0, 0.05) is 6.54 Å². The molecule has 0 bridgehead atoms. The summed E-state index contributed by atoms with van der Waals surface area (Å²) < 4.78 is 0. The third-order valence-electron chi connectivity index (χ3n) is 1.13. The van der Waals surface area contributed by atoms with Crippen molar-refractivity contribution < 1.29 is 9.90 Å². The van der Waals surface area contributed by atoms with Crippen LogP contribution in [-0.4, -0.2) is 23.7 Å². The van der Waals surface area contributed by atoms with E-state index in [9.17, 15) is 4.79 Å². The first kappa shape index (κ1) is 5.56. The Kier molecular flexibility index (Phi) is 1.48. The number of carboxylic acid groups (broad SMARTS) is 1. The fourth-order valence-electron chi connectivity index (χ4n) is 0.688. The summed E-state index contributed by atoms with van der Waals surface area (Å²) >= 11 is 0. The third kappa shape index (κ3) is 0.980. The second kappa shape index (κ2) is 2.13. The second-order valence-electron chi connectivity index (χ2n) is 1.74. The summed E-state index contributed by atoms with van der Waals surface area (Å²) in [6.07, 6.45) is 2.48. The van der Waals surface area contributed by atoms with E-state index in [-0.39, 0.29) is 0 Å². The number of nitrogens with zero attached hydrogens (tertiary/aromatic N) is 1. The molecule has 0 aromatic rings. The smallest absolute Gasteiger partial charge is 0.322 e. The zero-order chi connectivity index (χ0) is 5.98. The molecule has 2 radical (unpaired) electrons. The number of carbonyl (C=O) groups is 1. The first-order valence-corrected chi connectivity index (χ1v) is 2.52. The lowest BCUT2D eigenvalue weighted by Gasteiger charge is -1.97. The average molecular weight is 113 g/mol. The molecule has 44 valence electrons. The normalized spacial score (nSPS) is 28.2. The van der Waals surface area contributed by atoms with Gasteiger partial charge in [-0.1, -0.05) is 0 Å². The molecule has 1 atom stereocenters. The number of carboxylic acids is 1. The Balaban J connectivity index is 2.35. The molecule has 1 heterocycles. The average Bonchev–Trinajstić information content (AvgIpc) is 2.12. The minimum Gasteiger partial charge on any atom is -0.480 e. The molecule has 8 heavy (non-hydrogen) atoms. The van der Waals surface area contributed by atoms with Crippen molar-refractivity contribution >= 4 is 5.97 Å². The Labute approximate surface area is 47.7 Å². The number of hydrogen-bond acceptors (Lipinski definition) is 1. The molecule has 3 nitrogen and oxygen atoms in total. The van der Waals surface area contributed by atoms with Gasteiger partial charge in [-0.2, -0.15) is 0 Å². The summed E-state index contributed by atoms with van der Waals surface area (Å²) in [5.74, 6) is -0.807. The van der Waals surface area contributed by atoms with E-state index >= 15 is 0 Å². The largest absolute Gasteiger partial charge is 0.480 e. The minimum atomic E-state index is -0.807. The quantitative estimate of drug-likeness (QED) is 0.505. The Morgan fingerprint density at radius 1 is 1.88 bits per heavy atom. The molecule has 1 unspecified atom stereocenters. The Morgan fingerprint density at radius 2 is 2.62 bits per heavy atom. The summed E-state index contributed by atoms with van der Waals surface area (Å²) in [6, 6.07) is -0.449. The van der Waals surface area contributed by atoms with Crippen molar-refractivity contribution in [3.05, 3.63) is 6.42 Å². The third-order valence-corrected chi connectivity index (χ3v) is 1.13. The van der Waals surface area contributed by atoms with Crippen LogP contribution < -0.4 is 5.32 Å². The lowest BCUT2D eigenvalue weighted by atomic mass is 10.2. The van der Waals surface area contributed by atoms with Crippen molar-refractivity contribution in [2.45, 2.75) is 12.5 Å². The molecule has 1 saturated heterocycles. The van der Waals surface area contributed by atoms with Crippen LogP contribution in [0.2, 0.25) is 0 Å². The number of rotatable bonds is 1. The van der Waals surface area contributed by atoms with E-state index in [0.29, 0.717) is 13.0 Å². The van der Waals surface area contributed by atoms with E-state index < -0.39 is 12.0 Å². The number of hydrogen-bond donors (Lipinski definition) is 1. The lowest BCUT2D eigenvalue weighted by molar-refractivity contribution is -0.139. The molecule has 1 rings (SSSR count). The first-order chi connectivity index (χ1) is 3.80. The van der Waals surface area contributed by atoms with Gasteiger partial charge in [0.25, 0.3) is 0 Å². The van der Waals surface area contributed by atoms with Crippen molar-refractivity contribution in [2.75, 3.05) is 6.54 Å². The van der Waals surface area contributed by atoms with Crippen LogP contribution in [0.3, 0.4) is 0 Å². The van der Waals surface area contributed by atoms with Crippen LogP contribution >= 0.6 is 0 Å². The highest BCUT2D eigenvalue weighted by Crippen LogP contribution is 2.04. The van der Waals surface area contributed by atoms with E-state index in [2.05, 4.69) is 5.32 Å². The van der Waals surface area contributed by atoms with Gasteiger partial charge in [-0.15, -0.1) is 0 Å². The molecule has 0 amide bonds. The molecule has 0 aromatic heterocycles. The molecule has 1 aliphatic heterocycles. The molecule has 0 spiro atoms. The van der Waals surface area contributed by atoms with Crippen molar-refractivity contribution in [2.24, 2.45) is 0 Å². The molecule has 0 saturated carbocycles. The summed E-state index contributed by atoms with van der Waals surface area (Å²) in [7, 11) is 0. The number of aliphatic carboxylic acids is 1. The summed E-state index contributed by atoms with van der Waals surface area (Å²) in [5.41, 5.74) is 0. The second-order valence-corrected chi connectivity index (χ2v) is 1.74. The van der Waals surface area contributed by atoms with Crippen molar-refractivity contribution in [1.82, 2.24) is 5.32 Å². The van der Waals surface area contributed by atoms with E-state index in [1.807, 2.05) is 6.42 Å². The van der Waals surface area contributed by atoms with Gasteiger partial charge in [-0.3, -0.25) is 4.79 Å². The van der Waals surface area contributed by atoms with Crippen molar-refractivity contribution in [3.8, 4) is 0 Å². The van der Waals surface area contributed by atoms with E-state index in [1.54, 1.807) is 0 Å². The van der Waals surface area contributed by atoms with Crippen LogP contribution in [0.4, 0.5) is 0 Å². The molecule has 3 heteroatoms. The van der Waals surface area contributed by atoms with Crippen LogP contribution in [0.1, 0.15) is 6.42 Å². The van der Waals surface area contributed by atoms with Crippen molar-refractivity contribution in [1.29, 1.82) is 0 Å². The van der Waals surface area contributed by atoms with Gasteiger partial charge in [-0.05, 0) is 12.8 Å². The van der Waals surface area contributed by atoms with E-state index in [0.717, 1.165) is 0 Å². The van der Waals surface area contributed by atoms with Gasteiger partial charge >= 0.3 is 5.97 Å². The highest BCUT2D eigenvalue weighted by Gasteiger charge is 2.21. The van der Waals surface area contributed by atoms with Crippen LogP contribution in [0.15, 0.2) is 0 Å². The van der Waals surface area contributed by atoms with E-state index in [4.69, 9.17) is 5.11 Å². The predicted octanol–water partition coefficient (Wildman–Crippen LogP) is -0.348. The molecule has 1 aliphatic rings. The lowest BCUT2D eigenvalue weighted by Crippen LogP contribution is -2.24. The van der Waals surface area contributed by atoms with Gasteiger partial charge in [0.1, 0.15) is 6.04 Å². The van der Waals surface area contributed by atoms with Gasteiger partial charge in [-0.25, -0.2) is 5.32 Å². The fourth-order valence-corrected chi connectivity index (χ4v) is 0.688. The van der Waals surface area contributed by atoms with Gasteiger partial charge in [0.05, 0.1) is 0 Å². The topological polar surface area (TPSA) is 51.4 Å². The molecule has 1 fully saturated rings. The van der Waals surface area contributed by atoms with Crippen LogP contribution in [0, 0.1) is 6.42 Å². The maximum absolute atomic E-state index is 10.1. The summed E-state index contributed by atoms with van der Waals surface area (Å²) in [4.78, 5) is 10.1. The zero-order valence-electron chi connectivity index (χ0n) is 4.37. The van der Waals surface area contributed by atoms with Gasteiger partial charge in [0.2, 0.25) is 0 Å². The maximum atomic E-state index is 10.1. The van der Waals surface area contributed by atoms with E-state index in [1.165, 1.54) is 0 Å². The van der Waals surface area contributed by atoms with Crippen LogP contribution in [0.25, 0.3) is 0 Å². The Hall–Kier alpha value is -0.570. The highest BCUT2D eigenvalue weighted by molar-refractivity contribution is 5.74. The standard InChI is InChI=1S/C5H7NO2/c7-5(8)4-2-1-3-6-4/h1,4H,2-3H2,(H,7,8). The fraction of sp³-hybridized carbons (Fsp3) is 0.600. The monoisotopic (exact) mass is 113 g/mol. The van der Waals surface area contributed by atoms with Gasteiger partial charge in [0.15, 0.2) is 0 Å². The first-order valence-electron chi connectivity index (χ1n) is 2.52. The zero-order valence-corrected chi connectivity index (χ0v) is 4.37. The van der Waals surface area contributed by atoms with Gasteiger partial charge < -0.3 is 5.11 Å². The molecular weight excluding hydrogens is 106 g/mol. The summed E-state index contributed by atoms with van der Waals surface area (Å²) in [5, 5.41) is 12.1. The molecular formula is C5H7NO2. The Morgan fingerprint density at radius 3 is 2.88 bits per heavy atom. The molecule has 0 aliphatic carbocycles. The molecule has 0 aromatic carbocycles. The minimum absolute atomic E-state index is 0.449. The SMILES string of the molecule is O=C(O)C1C[CH]C[N]1. The highest BCUT2D eigenvalue weighted by atomic mass is 16.4. The molecule has 1 N–H and O–H groups in total. The van der Waals surface area contributed by atoms with Crippen LogP contribution in [0.5, 0.6) is 0 Å². The van der Waals surface area contributed by atoms with Crippen molar-refractivity contribution in [3.63, 3.8) is 0 Å². The predicted molar refractivity (Wildman–Crippen MR) is 27.3 cm³/mol.